The lowest BCUT2D eigenvalue weighted by atomic mass is 9.92. The van der Waals surface area contributed by atoms with Crippen LogP contribution < -0.4 is 10.2 Å². The molecule has 0 radical (unpaired) electrons. The highest BCUT2D eigenvalue weighted by atomic mass is 16.2. The van der Waals surface area contributed by atoms with Gasteiger partial charge in [0.2, 0.25) is 0 Å². The second kappa shape index (κ2) is 6.48. The Kier molecular flexibility index (Phi) is 4.02. The van der Waals surface area contributed by atoms with Crippen LogP contribution in [0.15, 0.2) is 54.6 Å². The SMILES string of the molecule is CC(C)(C)c1cc2n(n1)-c1ccccc1CN2C(=O)NC1CCc2ccccc21. The molecule has 1 aliphatic carbocycles. The Morgan fingerprint density at radius 1 is 1.07 bits per heavy atom. The topological polar surface area (TPSA) is 50.2 Å². The molecule has 29 heavy (non-hydrogen) atoms. The van der Waals surface area contributed by atoms with Crippen LogP contribution in [0, 0.1) is 0 Å². The molecule has 1 aromatic heterocycles. The van der Waals surface area contributed by atoms with Crippen molar-refractivity contribution in [3.63, 3.8) is 0 Å². The van der Waals surface area contributed by atoms with E-state index in [1.54, 1.807) is 0 Å². The van der Waals surface area contributed by atoms with E-state index in [2.05, 4.69) is 62.5 Å². The van der Waals surface area contributed by atoms with Gasteiger partial charge in [-0.15, -0.1) is 0 Å². The maximum Gasteiger partial charge on any atom is 0.323 e. The Labute approximate surface area is 171 Å². The Bertz CT molecular complexity index is 1090. The molecule has 148 valence electrons. The highest BCUT2D eigenvalue weighted by molar-refractivity contribution is 5.92. The highest BCUT2D eigenvalue weighted by Gasteiger charge is 2.32. The van der Waals surface area contributed by atoms with Gasteiger partial charge in [-0.05, 0) is 35.6 Å². The van der Waals surface area contributed by atoms with Gasteiger partial charge in [0, 0.05) is 11.5 Å². The summed E-state index contributed by atoms with van der Waals surface area (Å²) in [4.78, 5) is 15.2. The lowest BCUT2D eigenvalue weighted by Crippen LogP contribution is -2.43. The minimum Gasteiger partial charge on any atom is -0.331 e. The number of para-hydroxylation sites is 1. The van der Waals surface area contributed by atoms with Crippen LogP contribution in [0.4, 0.5) is 10.6 Å². The normalized spacial score (nSPS) is 17.5. The van der Waals surface area contributed by atoms with Crippen molar-refractivity contribution in [2.45, 2.75) is 51.6 Å². The zero-order chi connectivity index (χ0) is 20.2. The molecule has 1 aliphatic heterocycles. The number of nitrogens with zero attached hydrogens (tertiary/aromatic N) is 3. The molecule has 0 saturated carbocycles. The molecule has 2 amide bonds. The van der Waals surface area contributed by atoms with Crippen LogP contribution in [-0.4, -0.2) is 15.8 Å². The zero-order valence-electron chi connectivity index (χ0n) is 17.1. The van der Waals surface area contributed by atoms with Crippen molar-refractivity contribution in [1.29, 1.82) is 0 Å². The molecule has 5 nitrogen and oxygen atoms in total. The fraction of sp³-hybridized carbons (Fsp3) is 0.333. The van der Waals surface area contributed by atoms with Crippen molar-refractivity contribution in [3.05, 3.63) is 77.0 Å². The molecule has 0 bridgehead atoms. The van der Waals surface area contributed by atoms with Gasteiger partial charge < -0.3 is 5.32 Å². The quantitative estimate of drug-likeness (QED) is 0.647. The number of fused-ring (bicyclic) bond motifs is 4. The van der Waals surface area contributed by atoms with Gasteiger partial charge in [0.25, 0.3) is 0 Å². The summed E-state index contributed by atoms with van der Waals surface area (Å²) in [6, 6.07) is 18.6. The maximum absolute atomic E-state index is 13.4. The Hall–Kier alpha value is -3.08. The first-order chi connectivity index (χ1) is 13.9. The first kappa shape index (κ1) is 18.0. The molecular weight excluding hydrogens is 360 g/mol. The summed E-state index contributed by atoms with van der Waals surface area (Å²) >= 11 is 0. The lowest BCUT2D eigenvalue weighted by Gasteiger charge is -2.30. The van der Waals surface area contributed by atoms with E-state index in [0.29, 0.717) is 6.54 Å². The van der Waals surface area contributed by atoms with E-state index >= 15 is 0 Å². The summed E-state index contributed by atoms with van der Waals surface area (Å²) in [5, 5.41) is 8.13. The van der Waals surface area contributed by atoms with Crippen molar-refractivity contribution in [3.8, 4) is 5.69 Å². The summed E-state index contributed by atoms with van der Waals surface area (Å²) in [5.74, 6) is 0.831. The van der Waals surface area contributed by atoms with Crippen molar-refractivity contribution in [2.24, 2.45) is 0 Å². The standard InChI is InChI=1S/C24H26N4O/c1-24(2,3)21-14-22-27(15-17-9-5-7-11-20(17)28(22)26-21)23(29)25-19-13-12-16-8-4-6-10-18(16)19/h4-11,14,19H,12-13,15H2,1-3H3,(H,25,29). The van der Waals surface area contributed by atoms with Gasteiger partial charge in [0.05, 0.1) is 24.0 Å². The summed E-state index contributed by atoms with van der Waals surface area (Å²) < 4.78 is 1.92. The summed E-state index contributed by atoms with van der Waals surface area (Å²) in [7, 11) is 0. The van der Waals surface area contributed by atoms with Crippen LogP contribution >= 0.6 is 0 Å². The van der Waals surface area contributed by atoms with E-state index < -0.39 is 0 Å². The Morgan fingerprint density at radius 2 is 1.79 bits per heavy atom. The number of anilines is 1. The van der Waals surface area contributed by atoms with Gasteiger partial charge in [-0.3, -0.25) is 4.90 Å². The molecule has 5 heteroatoms. The van der Waals surface area contributed by atoms with Gasteiger partial charge in [0.15, 0.2) is 0 Å². The molecule has 2 aliphatic rings. The molecule has 0 saturated heterocycles. The molecular formula is C24H26N4O. The number of benzene rings is 2. The minimum absolute atomic E-state index is 0.0642. The molecule has 1 N–H and O–H groups in total. The van der Waals surface area contributed by atoms with Crippen molar-refractivity contribution in [2.75, 3.05) is 4.90 Å². The molecule has 2 heterocycles. The highest BCUT2D eigenvalue weighted by Crippen LogP contribution is 2.35. The predicted octanol–water partition coefficient (Wildman–Crippen LogP) is 4.89. The van der Waals surface area contributed by atoms with Crippen LogP contribution in [0.2, 0.25) is 0 Å². The van der Waals surface area contributed by atoms with Crippen LogP contribution in [0.25, 0.3) is 5.69 Å². The third-order valence-electron chi connectivity index (χ3n) is 5.96. The number of carbonyl (C=O) groups is 1. The number of hydrogen-bond donors (Lipinski definition) is 1. The number of aryl methyl sites for hydroxylation is 1. The Morgan fingerprint density at radius 3 is 2.59 bits per heavy atom. The lowest BCUT2D eigenvalue weighted by molar-refractivity contribution is 0.241. The number of aromatic nitrogens is 2. The monoisotopic (exact) mass is 386 g/mol. The van der Waals surface area contributed by atoms with Crippen LogP contribution in [-0.2, 0) is 18.4 Å². The fourth-order valence-corrected chi connectivity index (χ4v) is 4.32. The van der Waals surface area contributed by atoms with E-state index in [1.165, 1.54) is 11.1 Å². The van der Waals surface area contributed by atoms with E-state index in [0.717, 1.165) is 35.6 Å². The minimum atomic E-state index is -0.0914. The van der Waals surface area contributed by atoms with Gasteiger partial charge in [-0.25, -0.2) is 9.48 Å². The van der Waals surface area contributed by atoms with Crippen molar-refractivity contribution < 1.29 is 4.79 Å². The van der Waals surface area contributed by atoms with E-state index in [1.807, 2.05) is 27.8 Å². The van der Waals surface area contributed by atoms with Crippen LogP contribution in [0.3, 0.4) is 0 Å². The second-order valence-corrected chi connectivity index (χ2v) is 9.00. The maximum atomic E-state index is 13.4. The van der Waals surface area contributed by atoms with Gasteiger partial charge in [-0.1, -0.05) is 63.2 Å². The van der Waals surface area contributed by atoms with E-state index in [9.17, 15) is 4.79 Å². The molecule has 1 atom stereocenters. The van der Waals surface area contributed by atoms with E-state index in [4.69, 9.17) is 5.10 Å². The average molecular weight is 386 g/mol. The largest absolute Gasteiger partial charge is 0.331 e. The van der Waals surface area contributed by atoms with Gasteiger partial charge >= 0.3 is 6.03 Å². The first-order valence-electron chi connectivity index (χ1n) is 10.3. The summed E-state index contributed by atoms with van der Waals surface area (Å²) in [6.45, 7) is 6.99. The fourth-order valence-electron chi connectivity index (χ4n) is 4.32. The molecule has 2 aromatic carbocycles. The zero-order valence-corrected chi connectivity index (χ0v) is 17.1. The predicted molar refractivity (Wildman–Crippen MR) is 114 cm³/mol. The average Bonchev–Trinajstić information content (AvgIpc) is 3.32. The number of rotatable bonds is 1. The number of urea groups is 1. The number of nitrogens with one attached hydrogen (secondary N) is 1. The van der Waals surface area contributed by atoms with Gasteiger partial charge in [-0.2, -0.15) is 5.10 Å². The van der Waals surface area contributed by atoms with Crippen LogP contribution in [0.5, 0.6) is 0 Å². The number of amides is 2. The van der Waals surface area contributed by atoms with Crippen molar-refractivity contribution >= 4 is 11.8 Å². The number of hydrogen-bond acceptors (Lipinski definition) is 2. The van der Waals surface area contributed by atoms with Gasteiger partial charge in [0.1, 0.15) is 5.82 Å². The molecule has 0 fully saturated rings. The molecule has 0 spiro atoms. The number of carbonyl (C=O) groups excluding carboxylic acids is 1. The third kappa shape index (κ3) is 3.01. The summed E-state index contributed by atoms with van der Waals surface area (Å²) in [6.07, 6.45) is 1.96. The Balaban J connectivity index is 1.50. The smallest absolute Gasteiger partial charge is 0.323 e. The molecule has 5 rings (SSSR count). The van der Waals surface area contributed by atoms with E-state index in [-0.39, 0.29) is 17.5 Å². The summed E-state index contributed by atoms with van der Waals surface area (Å²) in [5.41, 5.74) is 5.61. The molecule has 3 aromatic rings. The first-order valence-corrected chi connectivity index (χ1v) is 10.3. The van der Waals surface area contributed by atoms with Crippen molar-refractivity contribution in [1.82, 2.24) is 15.1 Å². The second-order valence-electron chi connectivity index (χ2n) is 9.00. The third-order valence-corrected chi connectivity index (χ3v) is 5.96. The van der Waals surface area contributed by atoms with Crippen LogP contribution in [0.1, 0.15) is 55.6 Å². The molecule has 1 unspecified atom stereocenters.